The summed E-state index contributed by atoms with van der Waals surface area (Å²) in [6.45, 7) is 0.192. The fourth-order valence-corrected chi connectivity index (χ4v) is 2.32. The summed E-state index contributed by atoms with van der Waals surface area (Å²) >= 11 is 0. The van der Waals surface area contributed by atoms with Crippen molar-refractivity contribution in [1.29, 1.82) is 0 Å². The Hall–Kier alpha value is -2.44. The van der Waals surface area contributed by atoms with Gasteiger partial charge in [0.15, 0.2) is 0 Å². The SMILES string of the molecule is NC(CCNC(=O)C(N)Cc1ccc2ccccc2c1)C(=O)O. The summed E-state index contributed by atoms with van der Waals surface area (Å²) in [4.78, 5) is 22.5. The van der Waals surface area contributed by atoms with Crippen LogP contribution in [-0.2, 0) is 16.0 Å². The molecule has 0 aromatic heterocycles. The van der Waals surface area contributed by atoms with Gasteiger partial charge < -0.3 is 21.9 Å². The standard InChI is InChI=1S/C17H21N3O3/c18-14(17(22)23)7-8-20-16(21)15(19)10-11-5-6-12-3-1-2-4-13(12)9-11/h1-6,9,14-15H,7-8,10,18-19H2,(H,20,21)(H,22,23). The maximum absolute atomic E-state index is 11.9. The highest BCUT2D eigenvalue weighted by atomic mass is 16.4. The van der Waals surface area contributed by atoms with Crippen LogP contribution < -0.4 is 16.8 Å². The monoisotopic (exact) mass is 315 g/mol. The van der Waals surface area contributed by atoms with Crippen molar-refractivity contribution in [3.63, 3.8) is 0 Å². The van der Waals surface area contributed by atoms with E-state index in [2.05, 4.69) is 5.32 Å². The van der Waals surface area contributed by atoms with E-state index in [1.807, 2.05) is 42.5 Å². The normalized spacial score (nSPS) is 13.5. The molecule has 0 radical (unpaired) electrons. The number of carboxylic acids is 1. The third-order valence-corrected chi connectivity index (χ3v) is 3.68. The summed E-state index contributed by atoms with van der Waals surface area (Å²) in [6.07, 6.45) is 0.589. The van der Waals surface area contributed by atoms with Gasteiger partial charge in [0.05, 0.1) is 6.04 Å². The molecule has 6 N–H and O–H groups in total. The summed E-state index contributed by atoms with van der Waals surface area (Å²) in [5, 5.41) is 13.5. The summed E-state index contributed by atoms with van der Waals surface area (Å²) in [6, 6.07) is 12.3. The lowest BCUT2D eigenvalue weighted by Gasteiger charge is -2.13. The minimum atomic E-state index is -1.08. The Balaban J connectivity index is 1.88. The summed E-state index contributed by atoms with van der Waals surface area (Å²) in [5.41, 5.74) is 12.3. The van der Waals surface area contributed by atoms with Crippen molar-refractivity contribution in [3.05, 3.63) is 48.0 Å². The van der Waals surface area contributed by atoms with Gasteiger partial charge in [-0.2, -0.15) is 0 Å². The fourth-order valence-electron chi connectivity index (χ4n) is 2.32. The van der Waals surface area contributed by atoms with Crippen LogP contribution in [-0.4, -0.2) is 35.6 Å². The molecule has 122 valence electrons. The van der Waals surface area contributed by atoms with Gasteiger partial charge in [0, 0.05) is 6.54 Å². The Bertz CT molecular complexity index is 702. The largest absolute Gasteiger partial charge is 0.480 e. The first-order valence-electron chi connectivity index (χ1n) is 7.46. The van der Waals surface area contributed by atoms with Crippen LogP contribution in [0.1, 0.15) is 12.0 Å². The molecular weight excluding hydrogens is 294 g/mol. The molecule has 0 aliphatic heterocycles. The molecule has 6 nitrogen and oxygen atoms in total. The molecule has 0 saturated carbocycles. The zero-order valence-electron chi connectivity index (χ0n) is 12.7. The molecule has 0 fully saturated rings. The average molecular weight is 315 g/mol. The van der Waals surface area contributed by atoms with Gasteiger partial charge in [0.25, 0.3) is 0 Å². The quantitative estimate of drug-likeness (QED) is 0.597. The van der Waals surface area contributed by atoms with Crippen LogP contribution >= 0.6 is 0 Å². The second kappa shape index (κ2) is 7.71. The molecule has 1 amide bonds. The van der Waals surface area contributed by atoms with E-state index >= 15 is 0 Å². The molecule has 2 aromatic rings. The molecule has 2 aromatic carbocycles. The highest BCUT2D eigenvalue weighted by molar-refractivity contribution is 5.84. The molecule has 0 bridgehead atoms. The lowest BCUT2D eigenvalue weighted by molar-refractivity contribution is -0.138. The first-order valence-corrected chi connectivity index (χ1v) is 7.46. The number of carbonyl (C=O) groups is 2. The first kappa shape index (κ1) is 16.9. The minimum absolute atomic E-state index is 0.170. The van der Waals surface area contributed by atoms with E-state index in [4.69, 9.17) is 16.6 Å². The number of carbonyl (C=O) groups excluding carboxylic acids is 1. The van der Waals surface area contributed by atoms with Crippen molar-refractivity contribution in [1.82, 2.24) is 5.32 Å². The Morgan fingerprint density at radius 3 is 2.43 bits per heavy atom. The van der Waals surface area contributed by atoms with E-state index < -0.39 is 18.1 Å². The van der Waals surface area contributed by atoms with Crippen LogP contribution in [0.3, 0.4) is 0 Å². The highest BCUT2D eigenvalue weighted by Gasteiger charge is 2.16. The van der Waals surface area contributed by atoms with E-state index in [0.29, 0.717) is 6.42 Å². The first-order chi connectivity index (χ1) is 11.0. The number of carboxylic acid groups (broad SMARTS) is 1. The van der Waals surface area contributed by atoms with Gasteiger partial charge in [-0.15, -0.1) is 0 Å². The average Bonchev–Trinajstić information content (AvgIpc) is 2.54. The molecule has 0 spiro atoms. The summed E-state index contributed by atoms with van der Waals surface area (Å²) in [5.74, 6) is -1.39. The smallest absolute Gasteiger partial charge is 0.320 e. The Kier molecular flexibility index (Phi) is 5.67. The summed E-state index contributed by atoms with van der Waals surface area (Å²) in [7, 11) is 0. The van der Waals surface area contributed by atoms with Gasteiger partial charge in [-0.05, 0) is 29.2 Å². The molecule has 23 heavy (non-hydrogen) atoms. The van der Waals surface area contributed by atoms with Crippen LogP contribution in [0, 0.1) is 0 Å². The molecule has 0 aliphatic rings. The molecule has 0 saturated heterocycles. The number of hydrogen-bond acceptors (Lipinski definition) is 4. The van der Waals surface area contributed by atoms with Crippen molar-refractivity contribution >= 4 is 22.6 Å². The lowest BCUT2D eigenvalue weighted by Crippen LogP contribution is -2.44. The van der Waals surface area contributed by atoms with Crippen LogP contribution in [0.4, 0.5) is 0 Å². The number of aliphatic carboxylic acids is 1. The number of amides is 1. The molecule has 2 rings (SSSR count). The maximum Gasteiger partial charge on any atom is 0.320 e. The van der Waals surface area contributed by atoms with Crippen molar-refractivity contribution in [2.75, 3.05) is 6.54 Å². The van der Waals surface area contributed by atoms with Crippen molar-refractivity contribution < 1.29 is 14.7 Å². The molecular formula is C17H21N3O3. The lowest BCUT2D eigenvalue weighted by atomic mass is 10.0. The number of rotatable bonds is 7. The van der Waals surface area contributed by atoms with E-state index in [-0.39, 0.29) is 18.9 Å². The maximum atomic E-state index is 11.9. The number of nitrogens with one attached hydrogen (secondary N) is 1. The van der Waals surface area contributed by atoms with Crippen LogP contribution in [0.15, 0.2) is 42.5 Å². The van der Waals surface area contributed by atoms with Gasteiger partial charge >= 0.3 is 5.97 Å². The van der Waals surface area contributed by atoms with Gasteiger partial charge in [-0.25, -0.2) is 0 Å². The van der Waals surface area contributed by atoms with Crippen LogP contribution in [0.5, 0.6) is 0 Å². The molecule has 2 atom stereocenters. The van der Waals surface area contributed by atoms with E-state index in [1.54, 1.807) is 0 Å². The van der Waals surface area contributed by atoms with Gasteiger partial charge in [-0.3, -0.25) is 9.59 Å². The third-order valence-electron chi connectivity index (χ3n) is 3.68. The van der Waals surface area contributed by atoms with Gasteiger partial charge in [0.1, 0.15) is 6.04 Å². The van der Waals surface area contributed by atoms with Crippen molar-refractivity contribution in [3.8, 4) is 0 Å². The zero-order valence-corrected chi connectivity index (χ0v) is 12.7. The molecule has 0 heterocycles. The highest BCUT2D eigenvalue weighted by Crippen LogP contribution is 2.16. The minimum Gasteiger partial charge on any atom is -0.480 e. The number of benzene rings is 2. The Labute approximate surface area is 134 Å². The molecule has 2 unspecified atom stereocenters. The van der Waals surface area contributed by atoms with Crippen molar-refractivity contribution in [2.24, 2.45) is 11.5 Å². The van der Waals surface area contributed by atoms with Gasteiger partial charge in [-0.1, -0.05) is 42.5 Å². The van der Waals surface area contributed by atoms with Crippen LogP contribution in [0.2, 0.25) is 0 Å². The van der Waals surface area contributed by atoms with E-state index in [1.165, 1.54) is 0 Å². The number of fused-ring (bicyclic) bond motifs is 1. The second-order valence-electron chi connectivity index (χ2n) is 5.52. The van der Waals surface area contributed by atoms with Crippen molar-refractivity contribution in [2.45, 2.75) is 24.9 Å². The Morgan fingerprint density at radius 1 is 1.04 bits per heavy atom. The van der Waals surface area contributed by atoms with Gasteiger partial charge in [0.2, 0.25) is 5.91 Å². The Morgan fingerprint density at radius 2 is 1.74 bits per heavy atom. The fraction of sp³-hybridized carbons (Fsp3) is 0.294. The predicted molar refractivity (Wildman–Crippen MR) is 88.9 cm³/mol. The summed E-state index contributed by atoms with van der Waals surface area (Å²) < 4.78 is 0. The third kappa shape index (κ3) is 4.77. The number of nitrogens with two attached hydrogens (primary N) is 2. The second-order valence-corrected chi connectivity index (χ2v) is 5.52. The zero-order chi connectivity index (χ0) is 16.8. The topological polar surface area (TPSA) is 118 Å². The predicted octanol–water partition coefficient (Wildman–Crippen LogP) is 0.628. The molecule has 0 aliphatic carbocycles. The van der Waals surface area contributed by atoms with E-state index in [0.717, 1.165) is 16.3 Å². The van der Waals surface area contributed by atoms with E-state index in [9.17, 15) is 9.59 Å². The number of hydrogen-bond donors (Lipinski definition) is 4. The molecule has 6 heteroatoms. The van der Waals surface area contributed by atoms with Crippen LogP contribution in [0.25, 0.3) is 10.8 Å².